The van der Waals surface area contributed by atoms with E-state index in [0.717, 1.165) is 29.7 Å². The second kappa shape index (κ2) is 12.2. The van der Waals surface area contributed by atoms with Crippen LogP contribution in [0.5, 0.6) is 5.75 Å². The van der Waals surface area contributed by atoms with Crippen LogP contribution < -0.4 is 9.80 Å². The number of phenolic OH excluding ortho intramolecular Hbond substituents is 1. The minimum Gasteiger partial charge on any atom is -0.508 e. The lowest BCUT2D eigenvalue weighted by Gasteiger charge is -2.49. The van der Waals surface area contributed by atoms with E-state index >= 15 is 4.79 Å². The van der Waals surface area contributed by atoms with Gasteiger partial charge >= 0.3 is 0 Å². The normalized spacial score (nSPS) is 26.7. The molecule has 2 saturated heterocycles. The van der Waals surface area contributed by atoms with Crippen LogP contribution in [0.1, 0.15) is 36.8 Å². The van der Waals surface area contributed by atoms with Crippen molar-refractivity contribution in [1.82, 2.24) is 9.78 Å². The minimum atomic E-state index is -1.36. The van der Waals surface area contributed by atoms with Gasteiger partial charge in [-0.15, -0.1) is 11.3 Å². The number of aryl methyl sites for hydroxylation is 2. The van der Waals surface area contributed by atoms with Crippen molar-refractivity contribution in [1.29, 1.82) is 0 Å². The molecule has 4 amide bonds. The van der Waals surface area contributed by atoms with E-state index in [1.165, 1.54) is 15.9 Å². The lowest BCUT2D eigenvalue weighted by Crippen LogP contribution is -2.49. The van der Waals surface area contributed by atoms with Gasteiger partial charge in [0.25, 0.3) is 0 Å². The molecule has 1 N–H and O–H groups in total. The summed E-state index contributed by atoms with van der Waals surface area (Å²) in [6, 6.07) is 19.4. The molecule has 6 atom stereocenters. The molecule has 0 radical (unpaired) electrons. The van der Waals surface area contributed by atoms with Gasteiger partial charge in [-0.05, 0) is 127 Å². The number of rotatable bonds is 4. The number of fused-ring (bicyclic) bond motifs is 5. The molecule has 2 aliphatic heterocycles. The molecule has 2 aromatic heterocycles. The van der Waals surface area contributed by atoms with E-state index in [0.29, 0.717) is 32.8 Å². The Labute approximate surface area is 332 Å². The summed E-state index contributed by atoms with van der Waals surface area (Å²) in [6.07, 6.45) is 2.43. The first kappa shape index (κ1) is 34.7. The van der Waals surface area contributed by atoms with Gasteiger partial charge in [0.2, 0.25) is 23.6 Å². The van der Waals surface area contributed by atoms with Gasteiger partial charge in [-0.2, -0.15) is 5.10 Å². The number of aromatic nitrogens is 2. The Kier molecular flexibility index (Phi) is 8.02. The summed E-state index contributed by atoms with van der Waals surface area (Å²) < 4.78 is 3.57. The van der Waals surface area contributed by atoms with E-state index in [1.54, 1.807) is 60.3 Å². The molecule has 0 bridgehead atoms. The highest BCUT2D eigenvalue weighted by Gasteiger charge is 2.68. The average Bonchev–Trinajstić information content (AvgIpc) is 3.80. The predicted octanol–water partition coefficient (Wildman–Crippen LogP) is 8.66. The number of allylic oxidation sites excluding steroid dienone is 2. The Hall–Kier alpha value is -4.04. The number of aromatic hydroxyl groups is 1. The summed E-state index contributed by atoms with van der Waals surface area (Å²) >= 11 is 16.6. The lowest BCUT2D eigenvalue weighted by molar-refractivity contribution is -0.131. The van der Waals surface area contributed by atoms with Gasteiger partial charge in [-0.25, -0.2) is 4.90 Å². The summed E-state index contributed by atoms with van der Waals surface area (Å²) in [4.78, 5) is 61.6. The molecule has 2 aliphatic carbocycles. The molecule has 4 aliphatic rings. The predicted molar refractivity (Wildman–Crippen MR) is 213 cm³/mol. The monoisotopic (exact) mass is 876 g/mol. The van der Waals surface area contributed by atoms with Gasteiger partial charge in [-0.1, -0.05) is 34.9 Å². The molecule has 5 aromatic rings. The third-order valence-corrected chi connectivity index (χ3v) is 14.4. The summed E-state index contributed by atoms with van der Waals surface area (Å²) in [5, 5.41) is 18.2. The standard InChI is InChI=1S/C40H31Cl2IN4O5S/c1-18-25-14-20(42)5-13-31(25)53-35(18)29-17-32(45(3)44-29)47-37(50)28-16-26-23(34(40(28,2)39(47)52)27-15-19(41)4-12-30(27)48)10-11-24-33(26)38(51)46(36(24)49)22-8-6-21(43)7-9-22/h4-10,12-15,17,24,26,28,33-34,48H,11,16H2,1-3H3/t24-,26+,28-,33-,34+,40+/m0/s1. The molecule has 9 rings (SSSR count). The number of thiophene rings is 1. The van der Waals surface area contributed by atoms with E-state index < -0.39 is 46.8 Å². The first-order chi connectivity index (χ1) is 25.3. The number of phenols is 1. The zero-order chi connectivity index (χ0) is 37.2. The first-order valence-corrected chi connectivity index (χ1v) is 19.9. The van der Waals surface area contributed by atoms with Crippen LogP contribution in [0, 0.1) is 39.6 Å². The number of hydrogen-bond acceptors (Lipinski definition) is 7. The van der Waals surface area contributed by atoms with Crippen molar-refractivity contribution in [3.8, 4) is 16.3 Å². The Morgan fingerprint density at radius 1 is 0.906 bits per heavy atom. The molecular weight excluding hydrogens is 846 g/mol. The van der Waals surface area contributed by atoms with Crippen molar-refractivity contribution in [2.75, 3.05) is 9.80 Å². The highest BCUT2D eigenvalue weighted by molar-refractivity contribution is 14.1. The second-order valence-corrected chi connectivity index (χ2v) is 17.7. The molecule has 4 heterocycles. The number of hydrogen-bond donors (Lipinski definition) is 1. The van der Waals surface area contributed by atoms with Crippen LogP contribution in [-0.2, 0) is 26.2 Å². The molecule has 9 nitrogen and oxygen atoms in total. The van der Waals surface area contributed by atoms with Crippen LogP contribution >= 0.6 is 57.1 Å². The molecule has 268 valence electrons. The SMILES string of the molecule is Cc1c(-c2cc(N3C(=O)[C@@H]4C[C@@H]5C(=CC[C@@H]6C(=O)N(c7ccc(I)cc7)C(=O)[C@@H]65)[C@H](c5cc(Cl)ccc5O)[C@]4(C)C3=O)n(C)n2)sc2ccc(Cl)cc12. The number of nitrogens with zero attached hydrogens (tertiary/aromatic N) is 4. The number of benzene rings is 3. The fraction of sp³-hybridized carbons (Fsp3) is 0.275. The Morgan fingerprint density at radius 2 is 1.62 bits per heavy atom. The van der Waals surface area contributed by atoms with E-state index in [9.17, 15) is 19.5 Å². The van der Waals surface area contributed by atoms with Gasteiger partial charge in [0, 0.05) is 42.9 Å². The Balaban J connectivity index is 1.16. The molecular formula is C40H31Cl2IN4O5S. The van der Waals surface area contributed by atoms with Gasteiger partial charge in [-0.3, -0.25) is 28.8 Å². The molecule has 53 heavy (non-hydrogen) atoms. The summed E-state index contributed by atoms with van der Waals surface area (Å²) in [7, 11) is 1.71. The molecule has 1 saturated carbocycles. The van der Waals surface area contributed by atoms with Gasteiger partial charge in [0.15, 0.2) is 0 Å². The zero-order valence-corrected chi connectivity index (χ0v) is 33.1. The largest absolute Gasteiger partial charge is 0.508 e. The van der Waals surface area contributed by atoms with Crippen LogP contribution in [0.15, 0.2) is 78.4 Å². The fourth-order valence-electron chi connectivity index (χ4n) is 9.39. The quantitative estimate of drug-likeness (QED) is 0.110. The third-order valence-electron chi connectivity index (χ3n) is 11.9. The zero-order valence-electron chi connectivity index (χ0n) is 28.6. The van der Waals surface area contributed by atoms with Crippen LogP contribution in [0.2, 0.25) is 10.0 Å². The number of halogens is 3. The fourth-order valence-corrected chi connectivity index (χ4v) is 11.3. The number of carbonyl (C=O) groups excluding carboxylic acids is 4. The maximum Gasteiger partial charge on any atom is 0.242 e. The third kappa shape index (κ3) is 4.96. The van der Waals surface area contributed by atoms with Crippen LogP contribution in [0.4, 0.5) is 11.5 Å². The first-order valence-electron chi connectivity index (χ1n) is 17.2. The van der Waals surface area contributed by atoms with Crippen molar-refractivity contribution in [3.63, 3.8) is 0 Å². The molecule has 3 fully saturated rings. The smallest absolute Gasteiger partial charge is 0.242 e. The van der Waals surface area contributed by atoms with E-state index in [-0.39, 0.29) is 30.4 Å². The average molecular weight is 878 g/mol. The maximum absolute atomic E-state index is 15.1. The maximum atomic E-state index is 15.1. The summed E-state index contributed by atoms with van der Waals surface area (Å²) in [6.45, 7) is 3.78. The van der Waals surface area contributed by atoms with Crippen LogP contribution in [-0.4, -0.2) is 38.5 Å². The van der Waals surface area contributed by atoms with E-state index in [2.05, 4.69) is 22.6 Å². The van der Waals surface area contributed by atoms with Crippen molar-refractivity contribution in [2.24, 2.45) is 36.1 Å². The Bertz CT molecular complexity index is 2490. The molecule has 0 unspecified atom stereocenters. The van der Waals surface area contributed by atoms with Crippen molar-refractivity contribution >= 4 is 102 Å². The lowest BCUT2D eigenvalue weighted by atomic mass is 9.51. The minimum absolute atomic E-state index is 0.0701. The number of carbonyl (C=O) groups is 4. The van der Waals surface area contributed by atoms with Gasteiger partial charge < -0.3 is 5.11 Å². The molecule has 13 heteroatoms. The summed E-state index contributed by atoms with van der Waals surface area (Å²) in [5.74, 6) is -4.74. The van der Waals surface area contributed by atoms with Crippen LogP contribution in [0.3, 0.4) is 0 Å². The van der Waals surface area contributed by atoms with E-state index in [1.807, 2.05) is 43.3 Å². The van der Waals surface area contributed by atoms with Crippen LogP contribution in [0.25, 0.3) is 20.7 Å². The Morgan fingerprint density at radius 3 is 2.38 bits per heavy atom. The van der Waals surface area contributed by atoms with Gasteiger partial charge in [0.05, 0.1) is 33.7 Å². The summed E-state index contributed by atoms with van der Waals surface area (Å²) in [5.41, 5.74) is 1.93. The molecule has 0 spiro atoms. The highest BCUT2D eigenvalue weighted by atomic mass is 127. The van der Waals surface area contributed by atoms with Crippen molar-refractivity contribution < 1.29 is 24.3 Å². The topological polar surface area (TPSA) is 113 Å². The number of imide groups is 2. The molecule has 3 aromatic carbocycles. The highest BCUT2D eigenvalue weighted by Crippen LogP contribution is 2.64. The number of amides is 4. The van der Waals surface area contributed by atoms with Crippen molar-refractivity contribution in [2.45, 2.75) is 32.6 Å². The van der Waals surface area contributed by atoms with E-state index in [4.69, 9.17) is 28.3 Å². The second-order valence-electron chi connectivity index (χ2n) is 14.6. The number of anilines is 2. The van der Waals surface area contributed by atoms with Gasteiger partial charge in [0.1, 0.15) is 17.3 Å². The van der Waals surface area contributed by atoms with Crippen molar-refractivity contribution in [3.05, 3.63) is 103 Å².